The van der Waals surface area contributed by atoms with Crippen LogP contribution in [0.3, 0.4) is 0 Å². The summed E-state index contributed by atoms with van der Waals surface area (Å²) in [5.41, 5.74) is 5.89. The molecule has 0 saturated carbocycles. The third kappa shape index (κ3) is 4.86. The predicted molar refractivity (Wildman–Crippen MR) is 74.4 cm³/mol. The van der Waals surface area contributed by atoms with E-state index in [0.717, 1.165) is 25.1 Å². The van der Waals surface area contributed by atoms with Crippen molar-refractivity contribution in [3.8, 4) is 0 Å². The summed E-state index contributed by atoms with van der Waals surface area (Å²) in [5, 5.41) is 2.87. The fourth-order valence-electron chi connectivity index (χ4n) is 2.19. The number of amides is 2. The summed E-state index contributed by atoms with van der Waals surface area (Å²) in [5.74, 6) is 0.871. The SMILES string of the molecule is CSCC[C@H](N)C(=O)N1CCCC(NC(C)=O)C1. The molecule has 0 aromatic rings. The molecule has 0 spiro atoms. The molecule has 0 aliphatic carbocycles. The molecule has 2 amide bonds. The topological polar surface area (TPSA) is 75.4 Å². The highest BCUT2D eigenvalue weighted by Gasteiger charge is 2.27. The Morgan fingerprint density at radius 3 is 2.89 bits per heavy atom. The summed E-state index contributed by atoms with van der Waals surface area (Å²) < 4.78 is 0. The molecule has 1 aliphatic rings. The summed E-state index contributed by atoms with van der Waals surface area (Å²) in [6.45, 7) is 2.85. The smallest absolute Gasteiger partial charge is 0.239 e. The van der Waals surface area contributed by atoms with Crippen molar-refractivity contribution in [2.24, 2.45) is 5.73 Å². The molecule has 1 rings (SSSR count). The van der Waals surface area contributed by atoms with Crippen LogP contribution < -0.4 is 11.1 Å². The van der Waals surface area contributed by atoms with Crippen LogP contribution in [0.25, 0.3) is 0 Å². The van der Waals surface area contributed by atoms with E-state index in [-0.39, 0.29) is 17.9 Å². The number of nitrogens with zero attached hydrogens (tertiary/aromatic N) is 1. The number of thioether (sulfide) groups is 1. The number of likely N-dealkylation sites (tertiary alicyclic amines) is 1. The van der Waals surface area contributed by atoms with Gasteiger partial charge in [-0.2, -0.15) is 11.8 Å². The van der Waals surface area contributed by atoms with E-state index in [4.69, 9.17) is 5.73 Å². The van der Waals surface area contributed by atoms with Gasteiger partial charge < -0.3 is 16.0 Å². The number of nitrogens with two attached hydrogens (primary N) is 1. The van der Waals surface area contributed by atoms with Crippen LogP contribution in [0, 0.1) is 0 Å². The molecule has 1 unspecified atom stereocenters. The Labute approximate surface area is 113 Å². The van der Waals surface area contributed by atoms with Crippen molar-refractivity contribution in [2.75, 3.05) is 25.1 Å². The van der Waals surface area contributed by atoms with E-state index < -0.39 is 6.04 Å². The van der Waals surface area contributed by atoms with Gasteiger partial charge in [0.1, 0.15) is 0 Å². The van der Waals surface area contributed by atoms with Crippen LogP contribution in [-0.4, -0.2) is 53.9 Å². The molecule has 1 heterocycles. The van der Waals surface area contributed by atoms with Crippen LogP contribution in [0.2, 0.25) is 0 Å². The number of hydrogen-bond acceptors (Lipinski definition) is 4. The fraction of sp³-hybridized carbons (Fsp3) is 0.833. The Bertz CT molecular complexity index is 299. The maximum Gasteiger partial charge on any atom is 0.239 e. The molecule has 0 radical (unpaired) electrons. The van der Waals surface area contributed by atoms with Gasteiger partial charge in [-0.25, -0.2) is 0 Å². The van der Waals surface area contributed by atoms with E-state index in [1.165, 1.54) is 6.92 Å². The van der Waals surface area contributed by atoms with Crippen LogP contribution >= 0.6 is 11.8 Å². The fourth-order valence-corrected chi connectivity index (χ4v) is 2.68. The first-order valence-corrected chi connectivity index (χ1v) is 7.74. The van der Waals surface area contributed by atoms with Crippen LogP contribution in [0.15, 0.2) is 0 Å². The van der Waals surface area contributed by atoms with Crippen LogP contribution in [-0.2, 0) is 9.59 Å². The average Bonchev–Trinajstić information content (AvgIpc) is 2.34. The normalized spacial score (nSPS) is 21.5. The van der Waals surface area contributed by atoms with Crippen molar-refractivity contribution in [2.45, 2.75) is 38.3 Å². The number of carbonyl (C=O) groups is 2. The molecule has 18 heavy (non-hydrogen) atoms. The summed E-state index contributed by atoms with van der Waals surface area (Å²) >= 11 is 1.70. The highest BCUT2D eigenvalue weighted by Crippen LogP contribution is 2.12. The molecule has 1 saturated heterocycles. The summed E-state index contributed by atoms with van der Waals surface area (Å²) in [4.78, 5) is 24.9. The van der Waals surface area contributed by atoms with Crippen LogP contribution in [0.4, 0.5) is 0 Å². The zero-order chi connectivity index (χ0) is 13.5. The zero-order valence-electron chi connectivity index (χ0n) is 11.1. The van der Waals surface area contributed by atoms with E-state index in [1.807, 2.05) is 6.26 Å². The maximum atomic E-state index is 12.1. The number of piperidine rings is 1. The number of nitrogens with one attached hydrogen (secondary N) is 1. The highest BCUT2D eigenvalue weighted by molar-refractivity contribution is 7.98. The van der Waals surface area contributed by atoms with Crippen molar-refractivity contribution in [1.82, 2.24) is 10.2 Å². The number of rotatable bonds is 5. The van der Waals surface area contributed by atoms with Gasteiger partial charge in [-0.05, 0) is 31.3 Å². The lowest BCUT2D eigenvalue weighted by Crippen LogP contribution is -2.53. The lowest BCUT2D eigenvalue weighted by atomic mass is 10.0. The third-order valence-corrected chi connectivity index (χ3v) is 3.73. The first-order chi connectivity index (χ1) is 8.54. The van der Waals surface area contributed by atoms with Gasteiger partial charge in [0, 0.05) is 26.1 Å². The third-order valence-electron chi connectivity index (χ3n) is 3.09. The van der Waals surface area contributed by atoms with Crippen molar-refractivity contribution in [3.05, 3.63) is 0 Å². The predicted octanol–water partition coefficient (Wildman–Crippen LogP) is 0.194. The minimum atomic E-state index is -0.409. The molecular weight excluding hydrogens is 250 g/mol. The molecule has 1 fully saturated rings. The van der Waals surface area contributed by atoms with E-state index >= 15 is 0 Å². The molecule has 5 nitrogen and oxygen atoms in total. The Morgan fingerprint density at radius 1 is 1.56 bits per heavy atom. The van der Waals surface area contributed by atoms with E-state index in [2.05, 4.69) is 5.32 Å². The molecule has 1 aliphatic heterocycles. The van der Waals surface area contributed by atoms with Crippen molar-refractivity contribution < 1.29 is 9.59 Å². The second kappa shape index (κ2) is 7.63. The zero-order valence-corrected chi connectivity index (χ0v) is 12.0. The molecule has 3 N–H and O–H groups in total. The maximum absolute atomic E-state index is 12.1. The molecule has 0 bridgehead atoms. The summed E-state index contributed by atoms with van der Waals surface area (Å²) in [7, 11) is 0. The van der Waals surface area contributed by atoms with E-state index in [0.29, 0.717) is 13.0 Å². The second-order valence-corrected chi connectivity index (χ2v) is 5.70. The monoisotopic (exact) mass is 273 g/mol. The van der Waals surface area contributed by atoms with Gasteiger partial charge in [-0.1, -0.05) is 0 Å². The average molecular weight is 273 g/mol. The minimum absolute atomic E-state index is 0.0131. The highest BCUT2D eigenvalue weighted by atomic mass is 32.2. The molecule has 0 aromatic carbocycles. The summed E-state index contributed by atoms with van der Waals surface area (Å²) in [6.07, 6.45) is 4.57. The lowest BCUT2D eigenvalue weighted by molar-refractivity contribution is -0.134. The van der Waals surface area contributed by atoms with Gasteiger partial charge in [0.2, 0.25) is 11.8 Å². The lowest BCUT2D eigenvalue weighted by Gasteiger charge is -2.34. The van der Waals surface area contributed by atoms with Gasteiger partial charge >= 0.3 is 0 Å². The Morgan fingerprint density at radius 2 is 2.28 bits per heavy atom. The first-order valence-electron chi connectivity index (χ1n) is 6.35. The standard InChI is InChI=1S/C12H23N3O2S/c1-9(16)14-10-4-3-6-15(8-10)12(17)11(13)5-7-18-2/h10-11H,3-8,13H2,1-2H3,(H,14,16)/t10?,11-/m0/s1. The van der Waals surface area contributed by atoms with Gasteiger partial charge in [0.25, 0.3) is 0 Å². The molecular formula is C12H23N3O2S. The van der Waals surface area contributed by atoms with Crippen LogP contribution in [0.1, 0.15) is 26.2 Å². The Kier molecular flexibility index (Phi) is 6.49. The van der Waals surface area contributed by atoms with Crippen molar-refractivity contribution in [1.29, 1.82) is 0 Å². The molecule has 104 valence electrons. The van der Waals surface area contributed by atoms with Crippen LogP contribution in [0.5, 0.6) is 0 Å². The minimum Gasteiger partial charge on any atom is -0.352 e. The second-order valence-electron chi connectivity index (χ2n) is 4.71. The largest absolute Gasteiger partial charge is 0.352 e. The number of carbonyl (C=O) groups excluding carboxylic acids is 2. The van der Waals surface area contributed by atoms with Crippen molar-refractivity contribution in [3.63, 3.8) is 0 Å². The van der Waals surface area contributed by atoms with Gasteiger partial charge in [-0.15, -0.1) is 0 Å². The van der Waals surface area contributed by atoms with Gasteiger partial charge in [-0.3, -0.25) is 9.59 Å². The summed E-state index contributed by atoms with van der Waals surface area (Å²) in [6, 6.07) is -0.332. The molecule has 6 heteroatoms. The van der Waals surface area contributed by atoms with E-state index in [1.54, 1.807) is 16.7 Å². The van der Waals surface area contributed by atoms with E-state index in [9.17, 15) is 9.59 Å². The molecule has 0 aromatic heterocycles. The van der Waals surface area contributed by atoms with Gasteiger partial charge in [0.15, 0.2) is 0 Å². The van der Waals surface area contributed by atoms with Crippen molar-refractivity contribution >= 4 is 23.6 Å². The Hall–Kier alpha value is -0.750. The number of hydrogen-bond donors (Lipinski definition) is 2. The first kappa shape index (κ1) is 15.3. The van der Waals surface area contributed by atoms with Gasteiger partial charge in [0.05, 0.1) is 6.04 Å². The Balaban J connectivity index is 2.44. The molecule has 2 atom stereocenters. The quantitative estimate of drug-likeness (QED) is 0.750.